The van der Waals surface area contributed by atoms with Gasteiger partial charge in [-0.1, -0.05) is 0 Å². The van der Waals surface area contributed by atoms with Gasteiger partial charge in [-0.3, -0.25) is 10.1 Å². The summed E-state index contributed by atoms with van der Waals surface area (Å²) < 4.78 is 5.65. The fraction of sp³-hybridized carbons (Fsp3) is 0.250. The van der Waals surface area contributed by atoms with Gasteiger partial charge in [0.2, 0.25) is 0 Å². The number of nitrogens with zero attached hydrogens (tertiary/aromatic N) is 2. The second kappa shape index (κ2) is 6.26. The number of hydrogen-bond donors (Lipinski definition) is 1. The number of non-ortho nitro benzene ring substituents is 1. The molecule has 2 aromatic rings. The zero-order chi connectivity index (χ0) is 13.7. The largest absolute Gasteiger partial charge is 0.487 e. The second-order valence-electron chi connectivity index (χ2n) is 3.85. The Labute approximate surface area is 114 Å². The third kappa shape index (κ3) is 3.49. The van der Waals surface area contributed by atoms with Crippen LogP contribution in [0.5, 0.6) is 5.75 Å². The van der Waals surface area contributed by atoms with Gasteiger partial charge in [0, 0.05) is 29.6 Å². The minimum Gasteiger partial charge on any atom is -0.487 e. The normalized spacial score (nSPS) is 10.4. The first-order valence-electron chi connectivity index (χ1n) is 5.62. The van der Waals surface area contributed by atoms with Crippen molar-refractivity contribution in [2.45, 2.75) is 13.2 Å². The highest BCUT2D eigenvalue weighted by Gasteiger charge is 2.11. The van der Waals surface area contributed by atoms with E-state index in [0.717, 1.165) is 11.3 Å². The molecule has 0 bridgehead atoms. The van der Waals surface area contributed by atoms with Crippen LogP contribution in [0.2, 0.25) is 0 Å². The molecule has 0 aliphatic heterocycles. The molecule has 100 valence electrons. The van der Waals surface area contributed by atoms with Gasteiger partial charge in [-0.15, -0.1) is 11.3 Å². The lowest BCUT2D eigenvalue weighted by atomic mass is 10.1. The lowest BCUT2D eigenvalue weighted by molar-refractivity contribution is -0.384. The number of ether oxygens (including phenoxy) is 1. The van der Waals surface area contributed by atoms with Crippen LogP contribution in [0, 0.1) is 10.1 Å². The van der Waals surface area contributed by atoms with Gasteiger partial charge in [-0.25, -0.2) is 4.98 Å². The summed E-state index contributed by atoms with van der Waals surface area (Å²) in [6, 6.07) is 4.58. The highest BCUT2D eigenvalue weighted by Crippen LogP contribution is 2.25. The fourth-order valence-electron chi connectivity index (χ4n) is 1.61. The molecule has 0 saturated carbocycles. The van der Waals surface area contributed by atoms with Crippen LogP contribution in [-0.4, -0.2) is 17.0 Å². The van der Waals surface area contributed by atoms with Crippen molar-refractivity contribution >= 4 is 17.0 Å². The number of rotatable bonds is 6. The molecule has 0 aliphatic carbocycles. The molecule has 1 aromatic heterocycles. The summed E-state index contributed by atoms with van der Waals surface area (Å²) in [5, 5.41) is 15.6. The maximum atomic E-state index is 10.7. The van der Waals surface area contributed by atoms with Gasteiger partial charge in [0.15, 0.2) is 0 Å². The zero-order valence-electron chi connectivity index (χ0n) is 10.3. The minimum absolute atomic E-state index is 0.0614. The Morgan fingerprint density at radius 1 is 1.53 bits per heavy atom. The highest BCUT2D eigenvalue weighted by atomic mass is 32.1. The Bertz CT molecular complexity index is 557. The first kappa shape index (κ1) is 13.4. The van der Waals surface area contributed by atoms with Crippen molar-refractivity contribution < 1.29 is 9.66 Å². The van der Waals surface area contributed by atoms with Gasteiger partial charge in [-0.05, 0) is 13.1 Å². The van der Waals surface area contributed by atoms with E-state index in [9.17, 15) is 10.1 Å². The molecule has 1 N–H and O–H groups in total. The number of benzene rings is 1. The van der Waals surface area contributed by atoms with E-state index in [1.165, 1.54) is 23.5 Å². The molecule has 0 atom stereocenters. The van der Waals surface area contributed by atoms with Crippen molar-refractivity contribution in [3.8, 4) is 5.75 Å². The van der Waals surface area contributed by atoms with E-state index < -0.39 is 4.92 Å². The molecule has 0 aliphatic rings. The van der Waals surface area contributed by atoms with E-state index in [-0.39, 0.29) is 5.69 Å². The van der Waals surface area contributed by atoms with Gasteiger partial charge in [-0.2, -0.15) is 0 Å². The minimum atomic E-state index is -0.413. The van der Waals surface area contributed by atoms with E-state index in [1.807, 2.05) is 5.38 Å². The average Bonchev–Trinajstić information content (AvgIpc) is 2.90. The van der Waals surface area contributed by atoms with Gasteiger partial charge >= 0.3 is 0 Å². The van der Waals surface area contributed by atoms with E-state index in [4.69, 9.17) is 4.74 Å². The standard InChI is InChI=1S/C12H13N3O3S/c1-13-5-9-4-11(15(16)17)2-3-12(9)18-6-10-7-19-8-14-10/h2-4,7-8,13H,5-6H2,1H3. The maximum absolute atomic E-state index is 10.7. The molecule has 0 saturated heterocycles. The number of aromatic nitrogens is 1. The molecule has 7 heteroatoms. The Balaban J connectivity index is 2.16. The molecule has 1 heterocycles. The predicted molar refractivity (Wildman–Crippen MR) is 72.3 cm³/mol. The summed E-state index contributed by atoms with van der Waals surface area (Å²) in [4.78, 5) is 14.5. The van der Waals surface area contributed by atoms with Gasteiger partial charge in [0.25, 0.3) is 5.69 Å². The first-order chi connectivity index (χ1) is 9.20. The quantitative estimate of drug-likeness (QED) is 0.648. The zero-order valence-corrected chi connectivity index (χ0v) is 11.1. The lowest BCUT2D eigenvalue weighted by Gasteiger charge is -2.10. The van der Waals surface area contributed by atoms with Crippen LogP contribution >= 0.6 is 11.3 Å². The Morgan fingerprint density at radius 3 is 3.00 bits per heavy atom. The van der Waals surface area contributed by atoms with Gasteiger partial charge in [0.05, 0.1) is 16.1 Å². The van der Waals surface area contributed by atoms with Crippen LogP contribution in [0.25, 0.3) is 0 Å². The smallest absolute Gasteiger partial charge is 0.270 e. The van der Waals surface area contributed by atoms with Gasteiger partial charge < -0.3 is 10.1 Å². The number of nitro benzene ring substituents is 1. The molecule has 0 unspecified atom stereocenters. The van der Waals surface area contributed by atoms with Crippen molar-refractivity contribution in [3.05, 3.63) is 50.5 Å². The molecule has 0 radical (unpaired) electrons. The van der Waals surface area contributed by atoms with E-state index >= 15 is 0 Å². The summed E-state index contributed by atoms with van der Waals surface area (Å²) in [6.45, 7) is 0.867. The Morgan fingerprint density at radius 2 is 2.37 bits per heavy atom. The van der Waals surface area contributed by atoms with Crippen LogP contribution in [0.3, 0.4) is 0 Å². The summed E-state index contributed by atoms with van der Waals surface area (Å²) in [5.41, 5.74) is 3.40. The Hall–Kier alpha value is -1.99. The lowest BCUT2D eigenvalue weighted by Crippen LogP contribution is -2.08. The number of nitro groups is 1. The molecule has 0 fully saturated rings. The van der Waals surface area contributed by atoms with Crippen LogP contribution in [0.4, 0.5) is 5.69 Å². The van der Waals surface area contributed by atoms with Crippen molar-refractivity contribution in [1.29, 1.82) is 0 Å². The van der Waals surface area contributed by atoms with Crippen LogP contribution in [0.15, 0.2) is 29.1 Å². The first-order valence-corrected chi connectivity index (χ1v) is 6.56. The van der Waals surface area contributed by atoms with Crippen LogP contribution in [0.1, 0.15) is 11.3 Å². The summed E-state index contributed by atoms with van der Waals surface area (Å²) in [7, 11) is 1.78. The molecular formula is C12H13N3O3S. The van der Waals surface area contributed by atoms with E-state index in [2.05, 4.69) is 10.3 Å². The topological polar surface area (TPSA) is 77.3 Å². The SMILES string of the molecule is CNCc1cc([N+](=O)[O-])ccc1OCc1cscn1. The summed E-state index contributed by atoms with van der Waals surface area (Å²) >= 11 is 1.50. The number of nitrogens with one attached hydrogen (secondary N) is 1. The van der Waals surface area contributed by atoms with E-state index in [0.29, 0.717) is 18.9 Å². The molecular weight excluding hydrogens is 266 g/mol. The van der Waals surface area contributed by atoms with Crippen LogP contribution < -0.4 is 10.1 Å². The van der Waals surface area contributed by atoms with Crippen LogP contribution in [-0.2, 0) is 13.2 Å². The number of thiazole rings is 1. The number of hydrogen-bond acceptors (Lipinski definition) is 6. The fourth-order valence-corrected chi connectivity index (χ4v) is 2.15. The molecule has 19 heavy (non-hydrogen) atoms. The third-order valence-corrected chi connectivity index (χ3v) is 3.12. The average molecular weight is 279 g/mol. The van der Waals surface area contributed by atoms with Gasteiger partial charge in [0.1, 0.15) is 12.4 Å². The molecule has 1 aromatic carbocycles. The highest BCUT2D eigenvalue weighted by molar-refractivity contribution is 7.07. The summed E-state index contributed by atoms with van der Waals surface area (Å²) in [6.07, 6.45) is 0. The molecule has 6 nitrogen and oxygen atoms in total. The summed E-state index contributed by atoms with van der Waals surface area (Å²) in [5.74, 6) is 0.632. The maximum Gasteiger partial charge on any atom is 0.270 e. The predicted octanol–water partition coefficient (Wildman–Crippen LogP) is 2.35. The second-order valence-corrected chi connectivity index (χ2v) is 4.57. The molecule has 2 rings (SSSR count). The monoisotopic (exact) mass is 279 g/mol. The Kier molecular flexibility index (Phi) is 4.43. The van der Waals surface area contributed by atoms with Crippen molar-refractivity contribution in [3.63, 3.8) is 0 Å². The molecule has 0 amide bonds. The third-order valence-electron chi connectivity index (χ3n) is 2.48. The van der Waals surface area contributed by atoms with E-state index in [1.54, 1.807) is 18.6 Å². The molecule has 0 spiro atoms. The van der Waals surface area contributed by atoms with Crippen molar-refractivity contribution in [1.82, 2.24) is 10.3 Å². The van der Waals surface area contributed by atoms with Crippen molar-refractivity contribution in [2.24, 2.45) is 0 Å². The van der Waals surface area contributed by atoms with Crippen molar-refractivity contribution in [2.75, 3.05) is 7.05 Å².